The van der Waals surface area contributed by atoms with Gasteiger partial charge in [-0.1, -0.05) is 30.3 Å². The van der Waals surface area contributed by atoms with E-state index in [4.69, 9.17) is 0 Å². The van der Waals surface area contributed by atoms with Crippen LogP contribution in [-0.4, -0.2) is 39.2 Å². The fourth-order valence-electron chi connectivity index (χ4n) is 4.28. The highest BCUT2D eigenvalue weighted by atomic mass is 16.2. The first kappa shape index (κ1) is 15.4. The lowest BCUT2D eigenvalue weighted by Gasteiger charge is -2.42. The van der Waals surface area contributed by atoms with Crippen molar-refractivity contribution in [1.82, 2.24) is 20.0 Å². The lowest BCUT2D eigenvalue weighted by atomic mass is 9.75. The maximum atomic E-state index is 12.1. The summed E-state index contributed by atoms with van der Waals surface area (Å²) < 4.78 is 1.83. The Morgan fingerprint density at radius 3 is 2.67 bits per heavy atom. The number of aryl methyl sites for hydroxylation is 1. The number of aromatic nitrogens is 2. The van der Waals surface area contributed by atoms with Gasteiger partial charge in [0.2, 0.25) is 5.91 Å². The number of hydrogen-bond acceptors (Lipinski definition) is 3. The van der Waals surface area contributed by atoms with Gasteiger partial charge in [0.25, 0.3) is 0 Å². The van der Waals surface area contributed by atoms with Crippen LogP contribution in [0.1, 0.15) is 36.3 Å². The van der Waals surface area contributed by atoms with Crippen molar-refractivity contribution in [2.45, 2.75) is 37.3 Å². The number of benzene rings is 1. The number of amides is 1. The van der Waals surface area contributed by atoms with Crippen molar-refractivity contribution in [3.8, 4) is 0 Å². The van der Waals surface area contributed by atoms with Crippen LogP contribution >= 0.6 is 0 Å². The number of carbonyl (C=O) groups is 1. The Kier molecular flexibility index (Phi) is 3.88. The van der Waals surface area contributed by atoms with Crippen LogP contribution in [0, 0.1) is 0 Å². The third-order valence-corrected chi connectivity index (χ3v) is 5.57. The lowest BCUT2D eigenvalue weighted by Crippen LogP contribution is -2.53. The highest BCUT2D eigenvalue weighted by Gasteiger charge is 2.48. The van der Waals surface area contributed by atoms with Gasteiger partial charge in [-0.05, 0) is 24.0 Å². The van der Waals surface area contributed by atoms with E-state index in [0.717, 1.165) is 32.5 Å². The molecule has 5 nitrogen and oxygen atoms in total. The van der Waals surface area contributed by atoms with Gasteiger partial charge in [0.1, 0.15) is 0 Å². The van der Waals surface area contributed by atoms with Crippen molar-refractivity contribution < 1.29 is 4.79 Å². The normalized spacial score (nSPS) is 23.5. The number of rotatable bonds is 3. The van der Waals surface area contributed by atoms with Crippen LogP contribution in [0.5, 0.6) is 0 Å². The smallest absolute Gasteiger partial charge is 0.221 e. The van der Waals surface area contributed by atoms with Gasteiger partial charge in [-0.3, -0.25) is 14.4 Å². The molecule has 1 aromatic heterocycles. The summed E-state index contributed by atoms with van der Waals surface area (Å²) in [5.41, 5.74) is 2.45. The molecule has 24 heavy (non-hydrogen) atoms. The van der Waals surface area contributed by atoms with Crippen LogP contribution in [0.2, 0.25) is 0 Å². The number of nitrogens with one attached hydrogen (secondary N) is 1. The second kappa shape index (κ2) is 6.06. The second-order valence-electron chi connectivity index (χ2n) is 7.17. The predicted molar refractivity (Wildman–Crippen MR) is 92.4 cm³/mol. The molecule has 2 aliphatic heterocycles. The fourth-order valence-corrected chi connectivity index (χ4v) is 4.28. The van der Waals surface area contributed by atoms with Crippen molar-refractivity contribution in [2.24, 2.45) is 7.05 Å². The monoisotopic (exact) mass is 324 g/mol. The summed E-state index contributed by atoms with van der Waals surface area (Å²) in [4.78, 5) is 14.6. The largest absolute Gasteiger partial charge is 0.350 e. The number of likely N-dealkylation sites (tertiary alicyclic amines) is 1. The molecule has 0 saturated carbocycles. The van der Waals surface area contributed by atoms with Gasteiger partial charge in [0.05, 0.1) is 6.20 Å². The molecule has 2 aliphatic rings. The van der Waals surface area contributed by atoms with E-state index in [0.29, 0.717) is 6.42 Å². The summed E-state index contributed by atoms with van der Waals surface area (Å²) in [5, 5.41) is 7.61. The third kappa shape index (κ3) is 2.84. The molecule has 0 unspecified atom stereocenters. The zero-order valence-corrected chi connectivity index (χ0v) is 14.1. The summed E-state index contributed by atoms with van der Waals surface area (Å²) in [6, 6.07) is 10.6. The molecule has 3 heterocycles. The van der Waals surface area contributed by atoms with E-state index in [9.17, 15) is 4.79 Å². The zero-order valence-electron chi connectivity index (χ0n) is 14.1. The Balaban J connectivity index is 1.47. The van der Waals surface area contributed by atoms with E-state index in [1.165, 1.54) is 11.1 Å². The molecule has 1 aromatic carbocycles. The zero-order chi connectivity index (χ0) is 16.6. The molecule has 1 N–H and O–H groups in total. The third-order valence-electron chi connectivity index (χ3n) is 5.57. The van der Waals surface area contributed by atoms with E-state index in [1.807, 2.05) is 17.9 Å². The highest BCUT2D eigenvalue weighted by Crippen LogP contribution is 2.43. The topological polar surface area (TPSA) is 50.2 Å². The Morgan fingerprint density at radius 2 is 2.00 bits per heavy atom. The SMILES string of the molecule is Cn1cc([C@@H]2CC(=O)NC23CCN(Cc2ccccc2)CC3)cn1. The summed E-state index contributed by atoms with van der Waals surface area (Å²) in [6.07, 6.45) is 6.58. The maximum Gasteiger partial charge on any atom is 0.221 e. The molecule has 1 spiro atoms. The van der Waals surface area contributed by atoms with Crippen LogP contribution in [-0.2, 0) is 18.4 Å². The Morgan fingerprint density at radius 1 is 1.25 bits per heavy atom. The first-order chi connectivity index (χ1) is 11.6. The Hall–Kier alpha value is -2.14. The predicted octanol–water partition coefficient (Wildman–Crippen LogP) is 2.06. The minimum absolute atomic E-state index is 0.0900. The Labute approximate surface area is 142 Å². The van der Waals surface area contributed by atoms with Crippen LogP contribution in [0.3, 0.4) is 0 Å². The van der Waals surface area contributed by atoms with E-state index in [-0.39, 0.29) is 17.4 Å². The van der Waals surface area contributed by atoms with Crippen molar-refractivity contribution in [3.63, 3.8) is 0 Å². The molecule has 0 radical (unpaired) electrons. The summed E-state index contributed by atoms with van der Waals surface area (Å²) in [7, 11) is 1.93. The second-order valence-corrected chi connectivity index (χ2v) is 7.17. The Bertz CT molecular complexity index is 716. The molecule has 0 bridgehead atoms. The number of carbonyl (C=O) groups excluding carboxylic acids is 1. The minimum Gasteiger partial charge on any atom is -0.350 e. The van der Waals surface area contributed by atoms with Crippen molar-refractivity contribution >= 4 is 5.91 Å². The van der Waals surface area contributed by atoms with Gasteiger partial charge in [-0.15, -0.1) is 0 Å². The van der Waals surface area contributed by atoms with Crippen LogP contribution in [0.4, 0.5) is 0 Å². The van der Waals surface area contributed by atoms with Crippen LogP contribution < -0.4 is 5.32 Å². The molecule has 126 valence electrons. The van der Waals surface area contributed by atoms with E-state index < -0.39 is 0 Å². The summed E-state index contributed by atoms with van der Waals surface area (Å²) in [6.45, 7) is 3.03. The van der Waals surface area contributed by atoms with E-state index in [2.05, 4.69) is 51.8 Å². The van der Waals surface area contributed by atoms with Gasteiger partial charge in [-0.25, -0.2) is 0 Å². The van der Waals surface area contributed by atoms with E-state index in [1.54, 1.807) is 0 Å². The number of piperidine rings is 1. The van der Waals surface area contributed by atoms with Gasteiger partial charge < -0.3 is 5.32 Å². The molecule has 4 rings (SSSR count). The van der Waals surface area contributed by atoms with Gasteiger partial charge >= 0.3 is 0 Å². The molecular formula is C19H24N4O. The molecule has 2 saturated heterocycles. The van der Waals surface area contributed by atoms with Gasteiger partial charge in [0.15, 0.2) is 0 Å². The average Bonchev–Trinajstić information content (AvgIpc) is 3.14. The summed E-state index contributed by atoms with van der Waals surface area (Å²) in [5.74, 6) is 0.429. The van der Waals surface area contributed by atoms with Crippen molar-refractivity contribution in [2.75, 3.05) is 13.1 Å². The molecular weight excluding hydrogens is 300 g/mol. The molecule has 1 amide bonds. The molecule has 1 atom stereocenters. The molecule has 2 aromatic rings. The summed E-state index contributed by atoms with van der Waals surface area (Å²) >= 11 is 0. The molecule has 5 heteroatoms. The highest BCUT2D eigenvalue weighted by molar-refractivity contribution is 5.81. The average molecular weight is 324 g/mol. The van der Waals surface area contributed by atoms with Crippen LogP contribution in [0.25, 0.3) is 0 Å². The maximum absolute atomic E-state index is 12.1. The fraction of sp³-hybridized carbons (Fsp3) is 0.474. The van der Waals surface area contributed by atoms with Crippen molar-refractivity contribution in [1.29, 1.82) is 0 Å². The molecule has 0 aliphatic carbocycles. The first-order valence-corrected chi connectivity index (χ1v) is 8.70. The van der Waals surface area contributed by atoms with Gasteiger partial charge in [-0.2, -0.15) is 5.10 Å². The van der Waals surface area contributed by atoms with Crippen LogP contribution in [0.15, 0.2) is 42.7 Å². The first-order valence-electron chi connectivity index (χ1n) is 8.70. The standard InChI is InChI=1S/C19H24N4O/c1-22-14-16(12-20-22)17-11-18(24)21-19(17)7-9-23(10-8-19)13-15-5-3-2-4-6-15/h2-6,12,14,17H,7-11,13H2,1H3,(H,21,24)/t17-/m0/s1. The van der Waals surface area contributed by atoms with Crippen molar-refractivity contribution in [3.05, 3.63) is 53.9 Å². The quantitative estimate of drug-likeness (QED) is 0.940. The van der Waals surface area contributed by atoms with Gasteiger partial charge in [0, 0.05) is 50.8 Å². The minimum atomic E-state index is -0.0900. The van der Waals surface area contributed by atoms with E-state index >= 15 is 0 Å². The number of hydrogen-bond donors (Lipinski definition) is 1. The molecule has 2 fully saturated rings. The number of nitrogens with zero attached hydrogens (tertiary/aromatic N) is 3. The lowest BCUT2D eigenvalue weighted by molar-refractivity contribution is -0.120.